The number of rotatable bonds is 5. The van der Waals surface area contributed by atoms with Gasteiger partial charge in [0, 0.05) is 30.7 Å². The van der Waals surface area contributed by atoms with Crippen molar-refractivity contribution in [3.05, 3.63) is 71.5 Å². The maximum Gasteiger partial charge on any atom is 0.540 e. The fourth-order valence-corrected chi connectivity index (χ4v) is 3.26. The Hall–Kier alpha value is -4.39. The number of nitrogens with one attached hydrogen (secondary N) is 3. The Morgan fingerprint density at radius 3 is 2.44 bits per heavy atom. The third-order valence-corrected chi connectivity index (χ3v) is 4.90. The number of pyridine rings is 1. The zero-order chi connectivity index (χ0) is 26.1. The predicted molar refractivity (Wildman–Crippen MR) is 119 cm³/mol. The summed E-state index contributed by atoms with van der Waals surface area (Å²) in [7, 11) is 1.48. The number of benzene rings is 2. The lowest BCUT2D eigenvalue weighted by Crippen LogP contribution is -2.41. The monoisotopic (exact) mass is 506 g/mol. The van der Waals surface area contributed by atoms with E-state index in [2.05, 4.69) is 30.4 Å². The molecule has 0 atom stereocenters. The quantitative estimate of drug-likeness (QED) is 0.411. The first-order valence-corrected chi connectivity index (χ1v) is 10.3. The molecule has 13 heteroatoms. The molecule has 0 saturated carbocycles. The molecule has 2 heterocycles. The molecular formula is C23H18F4N4O5. The molecule has 1 aliphatic rings. The minimum absolute atomic E-state index is 0.106. The molecule has 1 aliphatic heterocycles. The standard InChI is InChI=1S/C23H18F4N4O5/c1-12-9-14(34-15-7-8-29-18(11-15)20(32)28-2)4-5-17(12)31-21(33)30-13-3-6-19-16(10-13)22(24,25)36-23(26,27)35-19/h3-11H,1-2H3,(H,28,32)(H2,30,31,33). The van der Waals surface area contributed by atoms with Gasteiger partial charge in [0.25, 0.3) is 5.91 Å². The number of alkyl halides is 4. The summed E-state index contributed by atoms with van der Waals surface area (Å²) in [6, 6.07) is 9.78. The molecule has 2 aromatic carbocycles. The van der Waals surface area contributed by atoms with Gasteiger partial charge in [0.15, 0.2) is 0 Å². The summed E-state index contributed by atoms with van der Waals surface area (Å²) in [5.41, 5.74) is 0.0954. The van der Waals surface area contributed by atoms with Gasteiger partial charge in [0.1, 0.15) is 22.9 Å². The van der Waals surface area contributed by atoms with Crippen LogP contribution in [0.3, 0.4) is 0 Å². The number of ether oxygens (including phenoxy) is 3. The molecule has 0 saturated heterocycles. The largest absolute Gasteiger partial charge is 0.540 e. The Labute approximate surface area is 201 Å². The van der Waals surface area contributed by atoms with E-state index in [4.69, 9.17) is 4.74 Å². The van der Waals surface area contributed by atoms with E-state index in [9.17, 15) is 27.2 Å². The lowest BCUT2D eigenvalue weighted by atomic mass is 10.1. The number of hydrogen-bond acceptors (Lipinski definition) is 6. The molecule has 3 aromatic rings. The van der Waals surface area contributed by atoms with Crippen molar-refractivity contribution < 1.29 is 41.4 Å². The summed E-state index contributed by atoms with van der Waals surface area (Å²) in [6.45, 7) is 1.69. The lowest BCUT2D eigenvalue weighted by Gasteiger charge is -2.30. The number of aromatic nitrogens is 1. The molecule has 0 fully saturated rings. The summed E-state index contributed by atoms with van der Waals surface area (Å²) in [6.07, 6.45) is -7.39. The number of carbonyl (C=O) groups excluding carboxylic acids is 2. The third kappa shape index (κ3) is 5.46. The van der Waals surface area contributed by atoms with Crippen molar-refractivity contribution in [1.82, 2.24) is 10.3 Å². The zero-order valence-electron chi connectivity index (χ0n) is 18.7. The summed E-state index contributed by atoms with van der Waals surface area (Å²) in [4.78, 5) is 28.1. The number of urea groups is 1. The van der Waals surface area contributed by atoms with E-state index in [0.717, 1.165) is 18.2 Å². The highest BCUT2D eigenvalue weighted by Gasteiger charge is 2.54. The second-order valence-electron chi connectivity index (χ2n) is 7.51. The molecular weight excluding hydrogens is 488 g/mol. The first-order valence-electron chi connectivity index (χ1n) is 10.3. The molecule has 3 N–H and O–H groups in total. The van der Waals surface area contributed by atoms with Crippen LogP contribution < -0.4 is 25.4 Å². The van der Waals surface area contributed by atoms with Crippen LogP contribution in [0.25, 0.3) is 0 Å². The number of halogens is 4. The normalized spacial score (nSPS) is 15.2. The molecule has 0 radical (unpaired) electrons. The van der Waals surface area contributed by atoms with Gasteiger partial charge in [-0.05, 0) is 55.0 Å². The Bertz CT molecular complexity index is 1340. The van der Waals surface area contributed by atoms with E-state index in [-0.39, 0.29) is 17.3 Å². The minimum Gasteiger partial charge on any atom is -0.457 e. The van der Waals surface area contributed by atoms with E-state index in [1.54, 1.807) is 31.2 Å². The molecule has 0 bridgehead atoms. The topological polar surface area (TPSA) is 111 Å². The maximum atomic E-state index is 13.9. The van der Waals surface area contributed by atoms with Crippen molar-refractivity contribution in [2.24, 2.45) is 0 Å². The van der Waals surface area contributed by atoms with Gasteiger partial charge < -0.3 is 25.4 Å². The van der Waals surface area contributed by atoms with Gasteiger partial charge in [-0.2, -0.15) is 8.78 Å². The van der Waals surface area contributed by atoms with E-state index in [1.165, 1.54) is 19.3 Å². The third-order valence-electron chi connectivity index (χ3n) is 4.90. The highest BCUT2D eigenvalue weighted by atomic mass is 19.3. The molecule has 4 rings (SSSR count). The number of nitrogens with zero attached hydrogens (tertiary/aromatic N) is 1. The number of anilines is 2. The second-order valence-corrected chi connectivity index (χ2v) is 7.51. The van der Waals surface area contributed by atoms with Crippen molar-refractivity contribution in [2.75, 3.05) is 17.7 Å². The number of carbonyl (C=O) groups is 2. The van der Waals surface area contributed by atoms with Gasteiger partial charge in [-0.25, -0.2) is 9.53 Å². The van der Waals surface area contributed by atoms with Crippen LogP contribution in [0.1, 0.15) is 21.6 Å². The average molecular weight is 506 g/mol. The number of amides is 3. The van der Waals surface area contributed by atoms with Crippen molar-refractivity contribution in [2.45, 2.75) is 19.3 Å². The summed E-state index contributed by atoms with van der Waals surface area (Å²) < 4.78 is 67.4. The van der Waals surface area contributed by atoms with E-state index in [1.807, 2.05) is 0 Å². The second kappa shape index (κ2) is 9.34. The van der Waals surface area contributed by atoms with Crippen LogP contribution in [0.4, 0.5) is 33.7 Å². The molecule has 3 amide bonds. The van der Waals surface area contributed by atoms with Crippen LogP contribution in [0, 0.1) is 6.92 Å². The molecule has 0 aliphatic carbocycles. The van der Waals surface area contributed by atoms with Gasteiger partial charge >= 0.3 is 18.4 Å². The van der Waals surface area contributed by atoms with Crippen molar-refractivity contribution >= 4 is 23.3 Å². The van der Waals surface area contributed by atoms with Crippen LogP contribution in [0.2, 0.25) is 0 Å². The van der Waals surface area contributed by atoms with Gasteiger partial charge in [-0.15, -0.1) is 8.78 Å². The number of hydrogen-bond donors (Lipinski definition) is 3. The smallest absolute Gasteiger partial charge is 0.457 e. The molecule has 188 valence electrons. The van der Waals surface area contributed by atoms with E-state index in [0.29, 0.717) is 22.7 Å². The summed E-state index contributed by atoms with van der Waals surface area (Å²) >= 11 is 0. The highest BCUT2D eigenvalue weighted by molar-refractivity contribution is 6.00. The molecule has 36 heavy (non-hydrogen) atoms. The van der Waals surface area contributed by atoms with Crippen LogP contribution in [-0.2, 0) is 10.8 Å². The number of aryl methyl sites for hydroxylation is 1. The summed E-state index contributed by atoms with van der Waals surface area (Å²) in [5, 5.41) is 7.37. The first-order chi connectivity index (χ1) is 17.0. The molecule has 0 unspecified atom stereocenters. The van der Waals surface area contributed by atoms with E-state index < -0.39 is 29.7 Å². The molecule has 1 aromatic heterocycles. The van der Waals surface area contributed by atoms with Gasteiger partial charge in [-0.1, -0.05) is 0 Å². The maximum absolute atomic E-state index is 13.9. The number of fused-ring (bicyclic) bond motifs is 1. The average Bonchev–Trinajstić information content (AvgIpc) is 2.80. The van der Waals surface area contributed by atoms with Crippen molar-refractivity contribution in [3.63, 3.8) is 0 Å². The van der Waals surface area contributed by atoms with Crippen LogP contribution in [0.5, 0.6) is 17.2 Å². The Morgan fingerprint density at radius 1 is 0.972 bits per heavy atom. The van der Waals surface area contributed by atoms with Gasteiger partial charge in [-0.3, -0.25) is 9.78 Å². The van der Waals surface area contributed by atoms with E-state index >= 15 is 0 Å². The molecule has 0 spiro atoms. The van der Waals surface area contributed by atoms with Gasteiger partial charge in [0.05, 0.1) is 5.56 Å². The molecule has 9 nitrogen and oxygen atoms in total. The zero-order valence-corrected chi connectivity index (χ0v) is 18.7. The van der Waals surface area contributed by atoms with Crippen LogP contribution in [-0.4, -0.2) is 30.3 Å². The van der Waals surface area contributed by atoms with Crippen LogP contribution in [0.15, 0.2) is 54.7 Å². The minimum atomic E-state index is -4.49. The fourth-order valence-electron chi connectivity index (χ4n) is 3.26. The first kappa shape index (κ1) is 24.7. The van der Waals surface area contributed by atoms with Crippen molar-refractivity contribution in [3.8, 4) is 17.2 Å². The Morgan fingerprint density at radius 2 is 1.72 bits per heavy atom. The lowest BCUT2D eigenvalue weighted by molar-refractivity contribution is -0.461. The Balaban J connectivity index is 1.43. The van der Waals surface area contributed by atoms with Gasteiger partial charge in [0.2, 0.25) is 0 Å². The predicted octanol–water partition coefficient (Wildman–Crippen LogP) is 5.19. The SMILES string of the molecule is CNC(=O)c1cc(Oc2ccc(NC(=O)Nc3ccc4c(c3)C(F)(F)OC(F)(F)O4)c(C)c2)ccn1. The highest BCUT2D eigenvalue weighted by Crippen LogP contribution is 2.46. The fraction of sp³-hybridized carbons (Fsp3) is 0.174. The van der Waals surface area contributed by atoms with Crippen LogP contribution >= 0.6 is 0 Å². The Kier molecular flexibility index (Phi) is 6.41. The summed E-state index contributed by atoms with van der Waals surface area (Å²) in [5.74, 6) is -0.356. The van der Waals surface area contributed by atoms with Crippen molar-refractivity contribution in [1.29, 1.82) is 0 Å².